The molecular weight excluding hydrogens is 224 g/mol. The Morgan fingerprint density at radius 1 is 1.33 bits per heavy atom. The van der Waals surface area contributed by atoms with E-state index in [4.69, 9.17) is 10.6 Å². The first-order valence-electron chi connectivity index (χ1n) is 6.67. The molecule has 1 fully saturated rings. The summed E-state index contributed by atoms with van der Waals surface area (Å²) in [6, 6.07) is 8.76. The number of hydrogen-bond acceptors (Lipinski definition) is 3. The second kappa shape index (κ2) is 5.39. The van der Waals surface area contributed by atoms with E-state index in [-0.39, 0.29) is 11.5 Å². The van der Waals surface area contributed by atoms with Crippen LogP contribution in [0, 0.1) is 5.92 Å². The minimum absolute atomic E-state index is 0.130. The van der Waals surface area contributed by atoms with Crippen LogP contribution in [0.25, 0.3) is 0 Å². The van der Waals surface area contributed by atoms with E-state index in [0.29, 0.717) is 5.92 Å². The minimum atomic E-state index is 0.130. The molecule has 0 aliphatic carbocycles. The third-order valence-electron chi connectivity index (χ3n) is 3.72. The Bertz CT molecular complexity index is 392. The molecule has 3 N–H and O–H groups in total. The summed E-state index contributed by atoms with van der Waals surface area (Å²) >= 11 is 0. The van der Waals surface area contributed by atoms with E-state index in [1.54, 1.807) is 0 Å². The predicted octanol–water partition coefficient (Wildman–Crippen LogP) is 2.53. The van der Waals surface area contributed by atoms with Gasteiger partial charge in [0.2, 0.25) is 0 Å². The SMILES string of the molecule is CC(C)(C)c1ccccc1C(NN)C1CCOC1. The number of benzene rings is 1. The third kappa shape index (κ3) is 2.74. The van der Waals surface area contributed by atoms with Crippen molar-refractivity contribution in [2.45, 2.75) is 38.6 Å². The van der Waals surface area contributed by atoms with Crippen LogP contribution in [0.2, 0.25) is 0 Å². The molecule has 0 amide bonds. The summed E-state index contributed by atoms with van der Waals surface area (Å²) in [6.45, 7) is 8.37. The summed E-state index contributed by atoms with van der Waals surface area (Å²) in [6.07, 6.45) is 1.08. The predicted molar refractivity (Wildman–Crippen MR) is 74.1 cm³/mol. The molecule has 100 valence electrons. The van der Waals surface area contributed by atoms with E-state index in [1.807, 2.05) is 0 Å². The number of hydrogen-bond donors (Lipinski definition) is 2. The monoisotopic (exact) mass is 248 g/mol. The molecule has 18 heavy (non-hydrogen) atoms. The lowest BCUT2D eigenvalue weighted by Gasteiger charge is -2.29. The lowest BCUT2D eigenvalue weighted by atomic mass is 9.79. The normalized spacial score (nSPS) is 22.1. The van der Waals surface area contributed by atoms with Crippen LogP contribution >= 0.6 is 0 Å². The van der Waals surface area contributed by atoms with Crippen molar-refractivity contribution in [3.05, 3.63) is 35.4 Å². The van der Waals surface area contributed by atoms with Crippen molar-refractivity contribution in [1.82, 2.24) is 5.43 Å². The first-order valence-corrected chi connectivity index (χ1v) is 6.67. The van der Waals surface area contributed by atoms with Crippen molar-refractivity contribution in [2.75, 3.05) is 13.2 Å². The van der Waals surface area contributed by atoms with Gasteiger partial charge < -0.3 is 4.74 Å². The van der Waals surface area contributed by atoms with Crippen LogP contribution in [0.15, 0.2) is 24.3 Å². The summed E-state index contributed by atoms with van der Waals surface area (Å²) in [5.74, 6) is 6.26. The molecule has 0 bridgehead atoms. The highest BCUT2D eigenvalue weighted by Crippen LogP contribution is 2.35. The molecule has 2 rings (SSSR count). The van der Waals surface area contributed by atoms with Gasteiger partial charge in [0.1, 0.15) is 0 Å². The zero-order valence-electron chi connectivity index (χ0n) is 11.6. The van der Waals surface area contributed by atoms with Crippen LogP contribution in [0.3, 0.4) is 0 Å². The van der Waals surface area contributed by atoms with Crippen molar-refractivity contribution in [3.63, 3.8) is 0 Å². The van der Waals surface area contributed by atoms with Gasteiger partial charge in [0.25, 0.3) is 0 Å². The maximum absolute atomic E-state index is 5.79. The van der Waals surface area contributed by atoms with Gasteiger partial charge in [-0.15, -0.1) is 0 Å². The molecule has 1 saturated heterocycles. The Balaban J connectivity index is 2.35. The first kappa shape index (κ1) is 13.5. The smallest absolute Gasteiger partial charge is 0.0513 e. The molecule has 0 spiro atoms. The fourth-order valence-electron chi connectivity index (χ4n) is 2.75. The minimum Gasteiger partial charge on any atom is -0.381 e. The molecule has 3 heteroatoms. The van der Waals surface area contributed by atoms with Gasteiger partial charge in [-0.3, -0.25) is 11.3 Å². The molecule has 2 unspecified atom stereocenters. The fourth-order valence-corrected chi connectivity index (χ4v) is 2.75. The maximum atomic E-state index is 5.79. The Kier molecular flexibility index (Phi) is 4.05. The van der Waals surface area contributed by atoms with Crippen LogP contribution in [-0.2, 0) is 10.2 Å². The molecular formula is C15H24N2O. The van der Waals surface area contributed by atoms with Crippen LogP contribution in [0.4, 0.5) is 0 Å². The number of ether oxygens (including phenoxy) is 1. The standard InChI is InChI=1S/C15H24N2O/c1-15(2,3)13-7-5-4-6-12(13)14(17-16)11-8-9-18-10-11/h4-7,11,14,17H,8-10,16H2,1-3H3. The lowest BCUT2D eigenvalue weighted by molar-refractivity contribution is 0.176. The molecule has 1 aromatic rings. The molecule has 0 saturated carbocycles. The number of nitrogens with one attached hydrogen (secondary N) is 1. The van der Waals surface area contributed by atoms with Crippen molar-refractivity contribution in [2.24, 2.45) is 11.8 Å². The highest BCUT2D eigenvalue weighted by molar-refractivity contribution is 5.35. The molecule has 1 aliphatic heterocycles. The van der Waals surface area contributed by atoms with E-state index in [1.165, 1.54) is 11.1 Å². The topological polar surface area (TPSA) is 47.3 Å². The van der Waals surface area contributed by atoms with Crippen LogP contribution < -0.4 is 11.3 Å². The zero-order chi connectivity index (χ0) is 13.2. The molecule has 2 atom stereocenters. The number of nitrogens with two attached hydrogens (primary N) is 1. The van der Waals surface area contributed by atoms with Crippen molar-refractivity contribution < 1.29 is 4.74 Å². The number of hydrazine groups is 1. The summed E-state index contributed by atoms with van der Waals surface area (Å²) in [7, 11) is 0. The van der Waals surface area contributed by atoms with Crippen LogP contribution in [0.1, 0.15) is 44.4 Å². The molecule has 1 aromatic carbocycles. The second-order valence-corrected chi connectivity index (χ2v) is 6.11. The average molecular weight is 248 g/mol. The Hall–Kier alpha value is -0.900. The fraction of sp³-hybridized carbons (Fsp3) is 0.600. The Morgan fingerprint density at radius 2 is 2.06 bits per heavy atom. The average Bonchev–Trinajstić information content (AvgIpc) is 2.83. The van der Waals surface area contributed by atoms with E-state index in [9.17, 15) is 0 Å². The van der Waals surface area contributed by atoms with Crippen molar-refractivity contribution in [3.8, 4) is 0 Å². The van der Waals surface area contributed by atoms with E-state index in [2.05, 4.69) is 50.5 Å². The van der Waals surface area contributed by atoms with E-state index < -0.39 is 0 Å². The van der Waals surface area contributed by atoms with Crippen LogP contribution in [0.5, 0.6) is 0 Å². The highest BCUT2D eigenvalue weighted by Gasteiger charge is 2.30. The third-order valence-corrected chi connectivity index (χ3v) is 3.72. The van der Waals surface area contributed by atoms with E-state index in [0.717, 1.165) is 19.6 Å². The lowest BCUT2D eigenvalue weighted by Crippen LogP contribution is -2.35. The first-order chi connectivity index (χ1) is 8.54. The van der Waals surface area contributed by atoms with Crippen molar-refractivity contribution >= 4 is 0 Å². The number of rotatable bonds is 3. The van der Waals surface area contributed by atoms with Crippen molar-refractivity contribution in [1.29, 1.82) is 0 Å². The van der Waals surface area contributed by atoms with Gasteiger partial charge in [0, 0.05) is 12.5 Å². The summed E-state index contributed by atoms with van der Waals surface area (Å²) in [5.41, 5.74) is 5.79. The molecule has 1 heterocycles. The Labute approximate surface area is 110 Å². The van der Waals surface area contributed by atoms with Gasteiger partial charge in [-0.2, -0.15) is 0 Å². The van der Waals surface area contributed by atoms with Gasteiger partial charge in [0.15, 0.2) is 0 Å². The molecule has 0 radical (unpaired) electrons. The van der Waals surface area contributed by atoms with Gasteiger partial charge in [0.05, 0.1) is 12.6 Å². The quantitative estimate of drug-likeness (QED) is 0.638. The molecule has 0 aromatic heterocycles. The zero-order valence-corrected chi connectivity index (χ0v) is 11.6. The largest absolute Gasteiger partial charge is 0.381 e. The van der Waals surface area contributed by atoms with Gasteiger partial charge in [-0.1, -0.05) is 45.0 Å². The van der Waals surface area contributed by atoms with Gasteiger partial charge in [-0.25, -0.2) is 0 Å². The maximum Gasteiger partial charge on any atom is 0.0513 e. The molecule has 3 nitrogen and oxygen atoms in total. The summed E-state index contributed by atoms with van der Waals surface area (Å²) < 4.78 is 5.49. The molecule has 1 aliphatic rings. The van der Waals surface area contributed by atoms with Crippen LogP contribution in [-0.4, -0.2) is 13.2 Å². The van der Waals surface area contributed by atoms with Gasteiger partial charge >= 0.3 is 0 Å². The summed E-state index contributed by atoms with van der Waals surface area (Å²) in [5, 5.41) is 0. The van der Waals surface area contributed by atoms with Gasteiger partial charge in [-0.05, 0) is 23.0 Å². The second-order valence-electron chi connectivity index (χ2n) is 6.11. The summed E-state index contributed by atoms with van der Waals surface area (Å²) in [4.78, 5) is 0. The highest BCUT2D eigenvalue weighted by atomic mass is 16.5. The Morgan fingerprint density at radius 3 is 2.61 bits per heavy atom. The van der Waals surface area contributed by atoms with E-state index >= 15 is 0 Å².